The molecule has 0 unspecified atom stereocenters. The molecule has 0 bridgehead atoms. The molecule has 0 spiro atoms. The number of nitrogens with one attached hydrogen (secondary N) is 2. The fourth-order valence-corrected chi connectivity index (χ4v) is 4.05. The molecular weight excluding hydrogens is 445 g/mol. The highest BCUT2D eigenvalue weighted by molar-refractivity contribution is 6.10. The van der Waals surface area contributed by atoms with Gasteiger partial charge < -0.3 is 15.5 Å². The molecule has 0 atom stereocenters. The second-order valence-electron chi connectivity index (χ2n) is 8.33. The minimum atomic E-state index is -0.389. The molecule has 0 aliphatic carbocycles. The summed E-state index contributed by atoms with van der Waals surface area (Å²) in [6.07, 6.45) is 0.907. The molecule has 8 heteroatoms. The topological polar surface area (TPSA) is 88.5 Å². The maximum atomic E-state index is 13.1. The number of hydrogen-bond donors (Lipinski definition) is 2. The predicted molar refractivity (Wildman–Crippen MR) is 134 cm³/mol. The molecule has 0 aromatic heterocycles. The van der Waals surface area contributed by atoms with Gasteiger partial charge in [0.25, 0.3) is 5.91 Å². The normalized spacial score (nSPS) is 14.0. The Hall–Kier alpha value is -4.22. The van der Waals surface area contributed by atoms with Crippen LogP contribution in [0.5, 0.6) is 0 Å². The lowest BCUT2D eigenvalue weighted by Crippen LogP contribution is -2.36. The zero-order chi connectivity index (χ0) is 24.6. The molecule has 1 saturated heterocycles. The summed E-state index contributed by atoms with van der Waals surface area (Å²) in [4.78, 5) is 29.9. The van der Waals surface area contributed by atoms with Crippen molar-refractivity contribution in [3.8, 4) is 6.07 Å². The number of nitriles is 1. The molecule has 0 radical (unpaired) electrons. The molecular formula is C27H26FN5O2. The smallest absolute Gasteiger partial charge is 0.257 e. The van der Waals surface area contributed by atoms with Crippen molar-refractivity contribution in [2.24, 2.45) is 0 Å². The predicted octanol–water partition coefficient (Wildman–Crippen LogP) is 4.10. The number of nitrogens with zero attached hydrogens (tertiary/aromatic N) is 3. The Balaban J connectivity index is 1.34. The van der Waals surface area contributed by atoms with Crippen LogP contribution >= 0.6 is 0 Å². The van der Waals surface area contributed by atoms with Gasteiger partial charge in [-0.15, -0.1) is 0 Å². The van der Waals surface area contributed by atoms with Crippen LogP contribution in [0.2, 0.25) is 0 Å². The third-order valence-corrected chi connectivity index (χ3v) is 5.87. The summed E-state index contributed by atoms with van der Waals surface area (Å²) in [6, 6.07) is 22.0. The van der Waals surface area contributed by atoms with E-state index >= 15 is 0 Å². The lowest BCUT2D eigenvalue weighted by Gasteiger charge is -2.23. The molecule has 3 aromatic rings. The van der Waals surface area contributed by atoms with Gasteiger partial charge in [-0.05, 0) is 67.1 Å². The lowest BCUT2D eigenvalue weighted by molar-refractivity contribution is -0.117. The van der Waals surface area contributed by atoms with Gasteiger partial charge in [-0.1, -0.05) is 12.1 Å². The number of rotatable bonds is 6. The number of carbonyl (C=O) groups excluding carboxylic acids is 2. The summed E-state index contributed by atoms with van der Waals surface area (Å²) in [5.74, 6) is -0.969. The molecule has 1 heterocycles. The van der Waals surface area contributed by atoms with E-state index in [1.807, 2.05) is 24.3 Å². The Kier molecular flexibility index (Phi) is 7.70. The number of halogens is 1. The van der Waals surface area contributed by atoms with E-state index in [9.17, 15) is 14.0 Å². The first-order valence-corrected chi connectivity index (χ1v) is 11.4. The summed E-state index contributed by atoms with van der Waals surface area (Å²) < 4.78 is 13.1. The van der Waals surface area contributed by atoms with E-state index < -0.39 is 0 Å². The summed E-state index contributed by atoms with van der Waals surface area (Å²) in [5, 5.41) is 14.6. The van der Waals surface area contributed by atoms with Crippen molar-refractivity contribution in [2.45, 2.75) is 6.42 Å². The van der Waals surface area contributed by atoms with Crippen LogP contribution in [0.15, 0.2) is 72.8 Å². The first-order valence-electron chi connectivity index (χ1n) is 11.4. The van der Waals surface area contributed by atoms with Crippen LogP contribution in [-0.2, 0) is 4.79 Å². The highest BCUT2D eigenvalue weighted by Gasteiger charge is 2.19. The third-order valence-electron chi connectivity index (χ3n) is 5.87. The minimum Gasteiger partial charge on any atom is -0.370 e. The van der Waals surface area contributed by atoms with Crippen LogP contribution in [0, 0.1) is 17.1 Å². The van der Waals surface area contributed by atoms with Gasteiger partial charge in [0.1, 0.15) is 5.82 Å². The number of para-hydroxylation sites is 1. The van der Waals surface area contributed by atoms with E-state index in [1.54, 1.807) is 24.3 Å². The highest BCUT2D eigenvalue weighted by atomic mass is 19.1. The van der Waals surface area contributed by atoms with Crippen molar-refractivity contribution in [3.63, 3.8) is 0 Å². The third kappa shape index (κ3) is 6.43. The second-order valence-corrected chi connectivity index (χ2v) is 8.33. The molecule has 0 saturated carbocycles. The van der Waals surface area contributed by atoms with Crippen molar-refractivity contribution in [1.29, 1.82) is 5.26 Å². The second kappa shape index (κ2) is 11.3. The van der Waals surface area contributed by atoms with Crippen LogP contribution in [-0.4, -0.2) is 49.4 Å². The molecule has 1 fully saturated rings. The minimum absolute atomic E-state index is 0.196. The van der Waals surface area contributed by atoms with Crippen molar-refractivity contribution >= 4 is 28.9 Å². The zero-order valence-corrected chi connectivity index (χ0v) is 19.2. The zero-order valence-electron chi connectivity index (χ0n) is 19.2. The van der Waals surface area contributed by atoms with Gasteiger partial charge in [0.05, 0.1) is 29.4 Å². The molecule has 178 valence electrons. The molecule has 7 nitrogen and oxygen atoms in total. The fourth-order valence-electron chi connectivity index (χ4n) is 4.05. The summed E-state index contributed by atoms with van der Waals surface area (Å²) in [5.41, 5.74) is 2.91. The van der Waals surface area contributed by atoms with Gasteiger partial charge in [0, 0.05) is 37.6 Å². The van der Waals surface area contributed by atoms with Crippen molar-refractivity contribution < 1.29 is 14.0 Å². The van der Waals surface area contributed by atoms with Crippen LogP contribution in [0.25, 0.3) is 0 Å². The van der Waals surface area contributed by atoms with Crippen molar-refractivity contribution in [3.05, 3.63) is 89.7 Å². The SMILES string of the molecule is N#Cc1ccc(N2CCCN(CC(=O)Nc3ccccc3C(=O)Nc3ccc(F)cc3)CC2)cc1. The van der Waals surface area contributed by atoms with Crippen LogP contribution in [0.3, 0.4) is 0 Å². The van der Waals surface area contributed by atoms with E-state index in [-0.39, 0.29) is 24.2 Å². The van der Waals surface area contributed by atoms with Crippen LogP contribution < -0.4 is 15.5 Å². The van der Waals surface area contributed by atoms with Crippen molar-refractivity contribution in [1.82, 2.24) is 4.90 Å². The number of hydrogen-bond acceptors (Lipinski definition) is 5. The number of benzene rings is 3. The molecule has 4 rings (SSSR count). The van der Waals surface area contributed by atoms with Crippen LogP contribution in [0.1, 0.15) is 22.3 Å². The average Bonchev–Trinajstić information content (AvgIpc) is 3.11. The lowest BCUT2D eigenvalue weighted by atomic mass is 10.1. The van der Waals surface area contributed by atoms with Gasteiger partial charge in [0.15, 0.2) is 0 Å². The average molecular weight is 472 g/mol. The molecule has 1 aliphatic rings. The van der Waals surface area contributed by atoms with Crippen molar-refractivity contribution in [2.75, 3.05) is 48.3 Å². The van der Waals surface area contributed by atoms with Gasteiger partial charge in [-0.25, -0.2) is 4.39 Å². The van der Waals surface area contributed by atoms with E-state index in [0.717, 1.165) is 38.3 Å². The Morgan fingerprint density at radius 1 is 0.886 bits per heavy atom. The van der Waals surface area contributed by atoms with Crippen LogP contribution in [0.4, 0.5) is 21.5 Å². The standard InChI is InChI=1S/C27H26FN5O2/c28-21-8-10-22(11-9-21)30-27(35)24-4-1-2-5-25(24)31-26(34)19-32-14-3-15-33(17-16-32)23-12-6-20(18-29)7-13-23/h1-2,4-13H,3,14-17,19H2,(H,30,35)(H,31,34). The Bertz CT molecular complexity index is 1220. The number of anilines is 3. The van der Waals surface area contributed by atoms with Gasteiger partial charge >= 0.3 is 0 Å². The molecule has 2 N–H and O–H groups in total. The Morgan fingerprint density at radius 2 is 1.63 bits per heavy atom. The maximum Gasteiger partial charge on any atom is 0.257 e. The van der Waals surface area contributed by atoms with Gasteiger partial charge in [-0.3, -0.25) is 14.5 Å². The first kappa shape index (κ1) is 23.9. The van der Waals surface area contributed by atoms with E-state index in [0.29, 0.717) is 22.5 Å². The summed E-state index contributed by atoms with van der Waals surface area (Å²) >= 11 is 0. The van der Waals surface area contributed by atoms with E-state index in [4.69, 9.17) is 5.26 Å². The molecule has 2 amide bonds. The monoisotopic (exact) mass is 471 g/mol. The molecule has 1 aliphatic heterocycles. The van der Waals surface area contributed by atoms with Gasteiger partial charge in [0.2, 0.25) is 5.91 Å². The largest absolute Gasteiger partial charge is 0.370 e. The summed E-state index contributed by atoms with van der Waals surface area (Å²) in [7, 11) is 0. The number of carbonyl (C=O) groups is 2. The Morgan fingerprint density at radius 3 is 2.37 bits per heavy atom. The fraction of sp³-hybridized carbons (Fsp3) is 0.222. The first-order chi connectivity index (χ1) is 17.0. The Labute approximate surface area is 203 Å². The maximum absolute atomic E-state index is 13.1. The molecule has 3 aromatic carbocycles. The highest BCUT2D eigenvalue weighted by Crippen LogP contribution is 2.19. The van der Waals surface area contributed by atoms with E-state index in [2.05, 4.69) is 26.5 Å². The summed E-state index contributed by atoms with van der Waals surface area (Å²) in [6.45, 7) is 3.37. The molecule has 35 heavy (non-hydrogen) atoms. The van der Waals surface area contributed by atoms with E-state index in [1.165, 1.54) is 24.3 Å². The number of amides is 2. The quantitative estimate of drug-likeness (QED) is 0.565. The van der Waals surface area contributed by atoms with Gasteiger partial charge in [-0.2, -0.15) is 5.26 Å².